The van der Waals surface area contributed by atoms with Gasteiger partial charge in [-0.25, -0.2) is 18.9 Å². The first-order valence-corrected chi connectivity index (χ1v) is 7.67. The molecule has 0 aliphatic heterocycles. The van der Waals surface area contributed by atoms with Crippen LogP contribution in [0.4, 0.5) is 10.1 Å². The number of carbonyl (C=O) groups is 2. The average Bonchev–Trinajstić information content (AvgIpc) is 3.05. The van der Waals surface area contributed by atoms with E-state index in [2.05, 4.69) is 20.1 Å². The van der Waals surface area contributed by atoms with Crippen LogP contribution in [-0.2, 0) is 4.74 Å². The normalized spacial score (nSPS) is 10.4. The van der Waals surface area contributed by atoms with E-state index in [-0.39, 0.29) is 16.8 Å². The molecule has 8 heteroatoms. The molecule has 0 spiro atoms. The van der Waals surface area contributed by atoms with Crippen LogP contribution in [0.1, 0.15) is 26.4 Å². The molecule has 1 N–H and O–H groups in total. The fourth-order valence-corrected chi connectivity index (χ4v) is 2.45. The van der Waals surface area contributed by atoms with Crippen molar-refractivity contribution in [2.24, 2.45) is 0 Å². The standard InChI is InChI=1S/C18H15FN4O3/c1-11-13(10-21-23(11)15-8-3-4-9-20-15)17(24)22-16-12(18(25)26-2)6-5-7-14(16)19/h3-10H,1-2H3,(H,22,24). The summed E-state index contributed by atoms with van der Waals surface area (Å²) in [7, 11) is 1.18. The molecule has 2 aromatic heterocycles. The molecular formula is C18H15FN4O3. The zero-order valence-corrected chi connectivity index (χ0v) is 14.1. The number of benzene rings is 1. The minimum absolute atomic E-state index is 0.0735. The van der Waals surface area contributed by atoms with Crippen molar-refractivity contribution in [2.45, 2.75) is 6.92 Å². The van der Waals surface area contributed by atoms with Crippen LogP contribution in [-0.4, -0.2) is 33.8 Å². The molecule has 3 aromatic rings. The molecule has 26 heavy (non-hydrogen) atoms. The summed E-state index contributed by atoms with van der Waals surface area (Å²) in [5.74, 6) is -1.54. The van der Waals surface area contributed by atoms with Gasteiger partial charge in [0.2, 0.25) is 0 Å². The van der Waals surface area contributed by atoms with Crippen molar-refractivity contribution in [3.63, 3.8) is 0 Å². The predicted molar refractivity (Wildman–Crippen MR) is 91.8 cm³/mol. The van der Waals surface area contributed by atoms with Crippen LogP contribution >= 0.6 is 0 Å². The highest BCUT2D eigenvalue weighted by molar-refractivity contribution is 6.08. The van der Waals surface area contributed by atoms with Crippen molar-refractivity contribution in [1.29, 1.82) is 0 Å². The van der Waals surface area contributed by atoms with Crippen LogP contribution in [0.25, 0.3) is 5.82 Å². The molecule has 0 saturated carbocycles. The van der Waals surface area contributed by atoms with Gasteiger partial charge in [-0.05, 0) is 31.2 Å². The Labute approximate surface area is 148 Å². The molecule has 0 bridgehead atoms. The number of nitrogens with one attached hydrogen (secondary N) is 1. The second-order valence-electron chi connectivity index (χ2n) is 5.35. The van der Waals surface area contributed by atoms with Crippen molar-refractivity contribution < 1.29 is 18.7 Å². The molecule has 0 aliphatic carbocycles. The summed E-state index contributed by atoms with van der Waals surface area (Å²) < 4.78 is 20.3. The van der Waals surface area contributed by atoms with Gasteiger partial charge in [-0.15, -0.1) is 0 Å². The van der Waals surface area contributed by atoms with Crippen LogP contribution in [0.3, 0.4) is 0 Å². The number of aromatic nitrogens is 3. The lowest BCUT2D eigenvalue weighted by atomic mass is 10.1. The largest absolute Gasteiger partial charge is 0.465 e. The first-order valence-electron chi connectivity index (χ1n) is 7.67. The highest BCUT2D eigenvalue weighted by Gasteiger charge is 2.21. The minimum atomic E-state index is -0.749. The lowest BCUT2D eigenvalue weighted by molar-refractivity contribution is 0.0601. The Morgan fingerprint density at radius 1 is 1.15 bits per heavy atom. The van der Waals surface area contributed by atoms with E-state index in [4.69, 9.17) is 0 Å². The van der Waals surface area contributed by atoms with E-state index < -0.39 is 17.7 Å². The summed E-state index contributed by atoms with van der Waals surface area (Å²) in [5.41, 5.74) is 0.442. The van der Waals surface area contributed by atoms with Crippen LogP contribution in [0.2, 0.25) is 0 Å². The van der Waals surface area contributed by atoms with Gasteiger partial charge >= 0.3 is 5.97 Å². The van der Waals surface area contributed by atoms with E-state index in [1.54, 1.807) is 31.3 Å². The second kappa shape index (κ2) is 7.14. The van der Waals surface area contributed by atoms with Crippen LogP contribution in [0.5, 0.6) is 0 Å². The Balaban J connectivity index is 1.93. The molecular weight excluding hydrogens is 339 g/mol. The van der Waals surface area contributed by atoms with Crippen molar-refractivity contribution in [2.75, 3.05) is 12.4 Å². The number of amides is 1. The summed E-state index contributed by atoms with van der Waals surface area (Å²) in [6, 6.07) is 9.18. The Bertz CT molecular complexity index is 970. The zero-order chi connectivity index (χ0) is 18.7. The number of hydrogen-bond acceptors (Lipinski definition) is 5. The molecule has 0 radical (unpaired) electrons. The van der Waals surface area contributed by atoms with Gasteiger partial charge in [0.15, 0.2) is 5.82 Å². The minimum Gasteiger partial charge on any atom is -0.465 e. The fourth-order valence-electron chi connectivity index (χ4n) is 2.45. The number of ether oxygens (including phenoxy) is 1. The Kier molecular flexibility index (Phi) is 4.74. The molecule has 2 heterocycles. The number of halogens is 1. The van der Waals surface area contributed by atoms with Gasteiger partial charge < -0.3 is 10.1 Å². The quantitative estimate of drug-likeness (QED) is 0.728. The van der Waals surface area contributed by atoms with Gasteiger partial charge in [0.25, 0.3) is 5.91 Å². The Hall–Kier alpha value is -3.55. The van der Waals surface area contributed by atoms with Crippen molar-refractivity contribution >= 4 is 17.6 Å². The third kappa shape index (κ3) is 3.16. The lowest BCUT2D eigenvalue weighted by Gasteiger charge is -2.10. The van der Waals surface area contributed by atoms with Crippen LogP contribution in [0, 0.1) is 12.7 Å². The maximum atomic E-state index is 14.1. The van der Waals surface area contributed by atoms with E-state index in [1.807, 2.05) is 0 Å². The highest BCUT2D eigenvalue weighted by atomic mass is 19.1. The maximum absolute atomic E-state index is 14.1. The number of rotatable bonds is 4. The van der Waals surface area contributed by atoms with Gasteiger partial charge in [-0.2, -0.15) is 5.10 Å². The zero-order valence-electron chi connectivity index (χ0n) is 14.1. The smallest absolute Gasteiger partial charge is 0.340 e. The molecule has 3 rings (SSSR count). The number of hydrogen-bond donors (Lipinski definition) is 1. The van der Waals surface area contributed by atoms with E-state index >= 15 is 0 Å². The monoisotopic (exact) mass is 354 g/mol. The SMILES string of the molecule is COC(=O)c1cccc(F)c1NC(=O)c1cnn(-c2ccccn2)c1C. The summed E-state index contributed by atoms with van der Waals surface area (Å²) in [6.07, 6.45) is 2.97. The summed E-state index contributed by atoms with van der Waals surface area (Å²) in [6.45, 7) is 1.69. The van der Waals surface area contributed by atoms with Crippen molar-refractivity contribution in [3.05, 3.63) is 71.4 Å². The molecule has 1 amide bonds. The predicted octanol–water partition coefficient (Wildman–Crippen LogP) is 2.75. The van der Waals surface area contributed by atoms with E-state index in [0.29, 0.717) is 11.5 Å². The number of para-hydroxylation sites is 1. The molecule has 0 fully saturated rings. The van der Waals surface area contributed by atoms with E-state index in [1.165, 1.54) is 30.1 Å². The Morgan fingerprint density at radius 2 is 1.96 bits per heavy atom. The molecule has 1 aromatic carbocycles. The summed E-state index contributed by atoms with van der Waals surface area (Å²) >= 11 is 0. The van der Waals surface area contributed by atoms with Crippen molar-refractivity contribution in [3.8, 4) is 5.82 Å². The maximum Gasteiger partial charge on any atom is 0.340 e. The summed E-state index contributed by atoms with van der Waals surface area (Å²) in [4.78, 5) is 28.6. The third-order valence-electron chi connectivity index (χ3n) is 3.78. The molecule has 0 atom stereocenters. The number of pyridine rings is 1. The Morgan fingerprint density at radius 3 is 2.65 bits per heavy atom. The summed E-state index contributed by atoms with van der Waals surface area (Å²) in [5, 5.41) is 6.58. The first kappa shape index (κ1) is 17.3. The van der Waals surface area contributed by atoms with Gasteiger partial charge in [0, 0.05) is 6.20 Å². The molecule has 0 saturated heterocycles. The number of esters is 1. The van der Waals surface area contributed by atoms with Crippen LogP contribution in [0.15, 0.2) is 48.8 Å². The lowest BCUT2D eigenvalue weighted by Crippen LogP contribution is -2.17. The molecule has 0 aliphatic rings. The molecule has 132 valence electrons. The van der Waals surface area contributed by atoms with Crippen LogP contribution < -0.4 is 5.32 Å². The van der Waals surface area contributed by atoms with Gasteiger partial charge in [0.1, 0.15) is 5.82 Å². The number of carbonyl (C=O) groups excluding carboxylic acids is 2. The highest BCUT2D eigenvalue weighted by Crippen LogP contribution is 2.22. The first-order chi connectivity index (χ1) is 12.5. The molecule has 7 nitrogen and oxygen atoms in total. The number of methoxy groups -OCH3 is 1. The molecule has 0 unspecified atom stereocenters. The average molecular weight is 354 g/mol. The third-order valence-corrected chi connectivity index (χ3v) is 3.78. The van der Waals surface area contributed by atoms with Gasteiger partial charge in [-0.1, -0.05) is 12.1 Å². The topological polar surface area (TPSA) is 86.1 Å². The van der Waals surface area contributed by atoms with Gasteiger partial charge in [-0.3, -0.25) is 4.79 Å². The van der Waals surface area contributed by atoms with E-state index in [0.717, 1.165) is 6.07 Å². The number of anilines is 1. The van der Waals surface area contributed by atoms with E-state index in [9.17, 15) is 14.0 Å². The second-order valence-corrected chi connectivity index (χ2v) is 5.35. The van der Waals surface area contributed by atoms with Crippen molar-refractivity contribution in [1.82, 2.24) is 14.8 Å². The van der Waals surface area contributed by atoms with Gasteiger partial charge in [0.05, 0.1) is 35.8 Å². The fraction of sp³-hybridized carbons (Fsp3) is 0.111. The number of nitrogens with zero attached hydrogens (tertiary/aromatic N) is 3.